The minimum atomic E-state index is -0.958. The highest BCUT2D eigenvalue weighted by Crippen LogP contribution is 2.26. The third-order valence-electron chi connectivity index (χ3n) is 4.35. The molecule has 0 aliphatic rings. The first kappa shape index (κ1) is 23.1. The van der Waals surface area contributed by atoms with Crippen molar-refractivity contribution in [3.63, 3.8) is 0 Å². The number of nitrogens with one attached hydrogen (secondary N) is 2. The topological polar surface area (TPSA) is 144 Å². The largest absolute Gasteiger partial charge is 0.316 e. The fraction of sp³-hybridized carbons (Fsp3) is 0. The molecule has 0 spiro atoms. The molecule has 0 heterocycles. The third-order valence-corrected chi connectivity index (χ3v) is 4.58. The summed E-state index contributed by atoms with van der Waals surface area (Å²) in [5.74, 6) is -1.92. The zero-order valence-electron chi connectivity index (χ0n) is 16.7. The Morgan fingerprint density at radius 2 is 1.24 bits per heavy atom. The molecule has 0 aliphatic carbocycles. The quantitative estimate of drug-likeness (QED) is 0.168. The van der Waals surface area contributed by atoms with Gasteiger partial charge in [-0.15, -0.1) is 0 Å². The van der Waals surface area contributed by atoms with E-state index in [0.717, 1.165) is 0 Å². The van der Waals surface area contributed by atoms with Crippen LogP contribution in [0.5, 0.6) is 0 Å². The Balaban J connectivity index is 2.00. The molecule has 3 aromatic rings. The van der Waals surface area contributed by atoms with E-state index in [4.69, 9.17) is 11.6 Å². The zero-order chi connectivity index (χ0) is 24.0. The lowest BCUT2D eigenvalue weighted by Crippen LogP contribution is -2.26. The second kappa shape index (κ2) is 10.2. The van der Waals surface area contributed by atoms with E-state index in [-0.39, 0.29) is 22.7 Å². The molecule has 3 aromatic carbocycles. The van der Waals surface area contributed by atoms with Crippen LogP contribution in [0, 0.1) is 20.2 Å². The average Bonchev–Trinajstić information content (AvgIpc) is 2.77. The SMILES string of the molecule is O=C(Nc1ccccc1[N+](=O)[O-])C(=Cc1cccc(Cl)c1)C(=O)Nc1ccccc1[N+](=O)[O-]. The van der Waals surface area contributed by atoms with E-state index in [0.29, 0.717) is 10.6 Å². The van der Waals surface area contributed by atoms with Crippen LogP contribution < -0.4 is 10.6 Å². The van der Waals surface area contributed by atoms with Crippen molar-refractivity contribution < 1.29 is 19.4 Å². The highest BCUT2D eigenvalue weighted by molar-refractivity contribution is 6.31. The van der Waals surface area contributed by atoms with Crippen molar-refractivity contribution in [3.05, 3.63) is 109 Å². The lowest BCUT2D eigenvalue weighted by molar-refractivity contribution is -0.384. The molecule has 11 heteroatoms. The average molecular weight is 467 g/mol. The van der Waals surface area contributed by atoms with E-state index in [1.54, 1.807) is 18.2 Å². The summed E-state index contributed by atoms with van der Waals surface area (Å²) in [6.07, 6.45) is 1.22. The molecule has 2 N–H and O–H groups in total. The number of hydrogen-bond acceptors (Lipinski definition) is 6. The van der Waals surface area contributed by atoms with Gasteiger partial charge >= 0.3 is 0 Å². The number of halogens is 1. The number of carbonyl (C=O) groups is 2. The maximum atomic E-state index is 13.0. The molecule has 33 heavy (non-hydrogen) atoms. The van der Waals surface area contributed by atoms with Crippen LogP contribution in [0.25, 0.3) is 6.08 Å². The third kappa shape index (κ3) is 5.77. The van der Waals surface area contributed by atoms with Gasteiger partial charge in [0.15, 0.2) is 0 Å². The molecule has 0 saturated carbocycles. The molecule has 0 radical (unpaired) electrons. The van der Waals surface area contributed by atoms with Gasteiger partial charge in [-0.05, 0) is 35.9 Å². The molecule has 0 unspecified atom stereocenters. The fourth-order valence-corrected chi connectivity index (χ4v) is 3.05. The minimum absolute atomic E-state index is 0.122. The van der Waals surface area contributed by atoms with Crippen LogP contribution in [-0.2, 0) is 9.59 Å². The predicted octanol–water partition coefficient (Wildman–Crippen LogP) is 4.82. The van der Waals surface area contributed by atoms with Crippen molar-refractivity contribution >= 4 is 52.2 Å². The molecule has 0 aliphatic heterocycles. The molecular formula is C22H15ClN4O6. The van der Waals surface area contributed by atoms with E-state index < -0.39 is 27.2 Å². The second-order valence-electron chi connectivity index (χ2n) is 6.57. The Morgan fingerprint density at radius 1 is 0.758 bits per heavy atom. The molecule has 0 bridgehead atoms. The molecule has 0 atom stereocenters. The normalized spacial score (nSPS) is 10.1. The lowest BCUT2D eigenvalue weighted by Gasteiger charge is -2.11. The monoisotopic (exact) mass is 466 g/mol. The van der Waals surface area contributed by atoms with Gasteiger partial charge in [0.2, 0.25) is 0 Å². The first-order chi connectivity index (χ1) is 15.8. The highest BCUT2D eigenvalue weighted by Gasteiger charge is 2.24. The predicted molar refractivity (Wildman–Crippen MR) is 123 cm³/mol. The molecule has 10 nitrogen and oxygen atoms in total. The van der Waals surface area contributed by atoms with E-state index in [2.05, 4.69) is 10.6 Å². The van der Waals surface area contributed by atoms with Gasteiger partial charge < -0.3 is 10.6 Å². The fourth-order valence-electron chi connectivity index (χ4n) is 2.85. The molecule has 0 fully saturated rings. The van der Waals surface area contributed by atoms with Crippen molar-refractivity contribution in [2.24, 2.45) is 0 Å². The van der Waals surface area contributed by atoms with Crippen LogP contribution in [0.4, 0.5) is 22.7 Å². The van der Waals surface area contributed by atoms with Crippen LogP contribution in [-0.4, -0.2) is 21.7 Å². The summed E-state index contributed by atoms with van der Waals surface area (Å²) in [5.41, 5.74) is -1.04. The molecule has 3 rings (SSSR count). The Bertz CT molecular complexity index is 1220. The van der Waals surface area contributed by atoms with Gasteiger partial charge in [0.1, 0.15) is 16.9 Å². The number of hydrogen-bond donors (Lipinski definition) is 2. The molecule has 2 amide bonds. The van der Waals surface area contributed by atoms with Crippen molar-refractivity contribution in [1.29, 1.82) is 0 Å². The van der Waals surface area contributed by atoms with E-state index in [9.17, 15) is 29.8 Å². The summed E-state index contributed by atoms with van der Waals surface area (Å²) >= 11 is 5.98. The van der Waals surface area contributed by atoms with Gasteiger partial charge in [-0.25, -0.2) is 0 Å². The van der Waals surface area contributed by atoms with E-state index in [1.807, 2.05) is 0 Å². The van der Waals surface area contributed by atoms with Crippen molar-refractivity contribution in [2.75, 3.05) is 10.6 Å². The highest BCUT2D eigenvalue weighted by atomic mass is 35.5. The standard InChI is InChI=1S/C22H15ClN4O6/c23-15-7-5-6-14(12-15)13-16(21(28)24-17-8-1-3-10-19(17)26(30)31)22(29)25-18-9-2-4-11-20(18)27(32)33/h1-13H,(H,24,28)(H,25,29). The van der Waals surface area contributed by atoms with Crippen LogP contribution in [0.3, 0.4) is 0 Å². The summed E-state index contributed by atoms with van der Waals surface area (Å²) < 4.78 is 0. The van der Waals surface area contributed by atoms with Crippen LogP contribution in [0.15, 0.2) is 78.4 Å². The maximum Gasteiger partial charge on any atom is 0.292 e. The van der Waals surface area contributed by atoms with Gasteiger partial charge in [-0.3, -0.25) is 29.8 Å². The molecule has 0 saturated heterocycles. The minimum Gasteiger partial charge on any atom is -0.316 e. The Morgan fingerprint density at radius 3 is 1.70 bits per heavy atom. The molecule has 0 aromatic heterocycles. The first-order valence-corrected chi connectivity index (χ1v) is 9.71. The van der Waals surface area contributed by atoms with Crippen LogP contribution in [0.2, 0.25) is 5.02 Å². The van der Waals surface area contributed by atoms with Gasteiger partial charge in [0.05, 0.1) is 9.85 Å². The van der Waals surface area contributed by atoms with Crippen molar-refractivity contribution in [3.8, 4) is 0 Å². The Hall–Kier alpha value is -4.57. The van der Waals surface area contributed by atoms with E-state index >= 15 is 0 Å². The number of nitro groups is 2. The number of rotatable bonds is 7. The van der Waals surface area contributed by atoms with Crippen molar-refractivity contribution in [2.45, 2.75) is 0 Å². The number of benzene rings is 3. The number of para-hydroxylation sites is 4. The molecule has 166 valence electrons. The van der Waals surface area contributed by atoms with Gasteiger partial charge in [-0.2, -0.15) is 0 Å². The number of carbonyl (C=O) groups excluding carboxylic acids is 2. The summed E-state index contributed by atoms with van der Waals surface area (Å²) in [6, 6.07) is 17.1. The first-order valence-electron chi connectivity index (χ1n) is 9.33. The second-order valence-corrected chi connectivity index (χ2v) is 7.01. The van der Waals surface area contributed by atoms with E-state index in [1.165, 1.54) is 60.7 Å². The van der Waals surface area contributed by atoms with Crippen LogP contribution in [0.1, 0.15) is 5.56 Å². The number of nitrogens with zero attached hydrogens (tertiary/aromatic N) is 2. The van der Waals surface area contributed by atoms with Crippen molar-refractivity contribution in [1.82, 2.24) is 0 Å². The number of amides is 2. The zero-order valence-corrected chi connectivity index (χ0v) is 17.5. The summed E-state index contributed by atoms with van der Waals surface area (Å²) in [7, 11) is 0. The number of nitro benzene ring substituents is 2. The van der Waals surface area contributed by atoms with Crippen LogP contribution >= 0.6 is 11.6 Å². The summed E-state index contributed by atoms with van der Waals surface area (Å²) in [4.78, 5) is 47.2. The van der Waals surface area contributed by atoms with Gasteiger partial charge in [0.25, 0.3) is 23.2 Å². The lowest BCUT2D eigenvalue weighted by atomic mass is 10.1. The smallest absolute Gasteiger partial charge is 0.292 e. The van der Waals surface area contributed by atoms with Gasteiger partial charge in [-0.1, -0.05) is 48.0 Å². The summed E-state index contributed by atoms with van der Waals surface area (Å²) in [5, 5.41) is 27.6. The summed E-state index contributed by atoms with van der Waals surface area (Å²) in [6.45, 7) is 0. The Labute approximate surface area is 191 Å². The number of anilines is 2. The Kier molecular flexibility index (Phi) is 7.11. The van der Waals surface area contributed by atoms with Gasteiger partial charge in [0, 0.05) is 17.2 Å². The molecular weight excluding hydrogens is 452 g/mol. The maximum absolute atomic E-state index is 13.0.